The van der Waals surface area contributed by atoms with Gasteiger partial charge >= 0.3 is 0 Å². The second-order valence-electron chi connectivity index (χ2n) is 6.93. The van der Waals surface area contributed by atoms with E-state index in [1.54, 1.807) is 24.3 Å². The predicted molar refractivity (Wildman–Crippen MR) is 86.7 cm³/mol. The molecule has 0 aliphatic carbocycles. The van der Waals surface area contributed by atoms with Crippen molar-refractivity contribution in [1.82, 2.24) is 10.4 Å². The number of amides is 3. The van der Waals surface area contributed by atoms with Crippen LogP contribution in [0.2, 0.25) is 0 Å². The second-order valence-corrected chi connectivity index (χ2v) is 6.93. The molecular formula is C18H18N2O3. The lowest BCUT2D eigenvalue weighted by molar-refractivity contribution is -0.126. The molecule has 3 rings (SSSR count). The molecule has 0 saturated heterocycles. The third kappa shape index (κ3) is 2.70. The van der Waals surface area contributed by atoms with Crippen LogP contribution in [0.3, 0.4) is 0 Å². The minimum absolute atomic E-state index is 0.218. The number of nitrogens with one attached hydrogen (secondary N) is 1. The van der Waals surface area contributed by atoms with Crippen LogP contribution in [0.4, 0.5) is 0 Å². The van der Waals surface area contributed by atoms with Crippen molar-refractivity contribution in [3.05, 3.63) is 47.5 Å². The van der Waals surface area contributed by atoms with Crippen molar-refractivity contribution in [2.75, 3.05) is 0 Å². The number of rotatable bonds is 2. The summed E-state index contributed by atoms with van der Waals surface area (Å²) >= 11 is 0. The van der Waals surface area contributed by atoms with Gasteiger partial charge in [0.25, 0.3) is 11.8 Å². The fraction of sp³-hybridized carbons (Fsp3) is 0.278. The zero-order valence-corrected chi connectivity index (χ0v) is 13.3. The van der Waals surface area contributed by atoms with Crippen LogP contribution in [0.25, 0.3) is 10.8 Å². The molecule has 0 unspecified atom stereocenters. The third-order valence-corrected chi connectivity index (χ3v) is 3.70. The highest BCUT2D eigenvalue weighted by molar-refractivity contribution is 6.25. The van der Waals surface area contributed by atoms with Crippen LogP contribution in [0.5, 0.6) is 0 Å². The zero-order valence-electron chi connectivity index (χ0n) is 13.3. The average Bonchev–Trinajstić information content (AvgIpc) is 2.47. The first-order valence-corrected chi connectivity index (χ1v) is 7.48. The Labute approximate surface area is 134 Å². The van der Waals surface area contributed by atoms with Crippen molar-refractivity contribution in [2.45, 2.75) is 27.2 Å². The summed E-state index contributed by atoms with van der Waals surface area (Å²) in [5.41, 5.74) is 3.07. The normalized spacial score (nSPS) is 14.3. The Morgan fingerprint density at radius 2 is 1.52 bits per heavy atom. The molecule has 23 heavy (non-hydrogen) atoms. The summed E-state index contributed by atoms with van der Waals surface area (Å²) in [4.78, 5) is 37.3. The van der Waals surface area contributed by atoms with Crippen molar-refractivity contribution >= 4 is 28.5 Å². The monoisotopic (exact) mass is 310 g/mol. The van der Waals surface area contributed by atoms with Gasteiger partial charge in [-0.05, 0) is 22.9 Å². The maximum Gasteiger partial charge on any atom is 0.280 e. The van der Waals surface area contributed by atoms with E-state index >= 15 is 0 Å². The molecule has 0 atom stereocenters. The van der Waals surface area contributed by atoms with Crippen LogP contribution in [0.15, 0.2) is 36.4 Å². The second kappa shape index (κ2) is 5.19. The van der Waals surface area contributed by atoms with Crippen LogP contribution in [-0.2, 0) is 4.79 Å². The number of nitrogens with zero attached hydrogens (tertiary/aromatic N) is 1. The Kier molecular flexibility index (Phi) is 3.43. The first kappa shape index (κ1) is 15.2. The average molecular weight is 310 g/mol. The molecule has 0 aromatic heterocycles. The van der Waals surface area contributed by atoms with Crippen molar-refractivity contribution < 1.29 is 14.4 Å². The highest BCUT2D eigenvalue weighted by Gasteiger charge is 2.34. The van der Waals surface area contributed by atoms with E-state index in [0.717, 1.165) is 10.4 Å². The fourth-order valence-electron chi connectivity index (χ4n) is 2.78. The lowest BCUT2D eigenvalue weighted by Gasteiger charge is -2.28. The van der Waals surface area contributed by atoms with Gasteiger partial charge < -0.3 is 0 Å². The van der Waals surface area contributed by atoms with Gasteiger partial charge in [-0.3, -0.25) is 19.8 Å². The van der Waals surface area contributed by atoms with Crippen molar-refractivity contribution in [3.8, 4) is 0 Å². The molecule has 1 heterocycles. The number of carbonyl (C=O) groups excluding carboxylic acids is 3. The van der Waals surface area contributed by atoms with E-state index in [4.69, 9.17) is 0 Å². The maximum absolute atomic E-state index is 12.6. The molecule has 3 amide bonds. The third-order valence-electron chi connectivity index (χ3n) is 3.70. The summed E-state index contributed by atoms with van der Waals surface area (Å²) in [7, 11) is 0. The summed E-state index contributed by atoms with van der Waals surface area (Å²) in [6, 6.07) is 10.6. The minimum atomic E-state index is -0.499. The lowest BCUT2D eigenvalue weighted by Crippen LogP contribution is -2.52. The van der Waals surface area contributed by atoms with Crippen molar-refractivity contribution in [1.29, 1.82) is 0 Å². The summed E-state index contributed by atoms with van der Waals surface area (Å²) < 4.78 is 0. The van der Waals surface area contributed by atoms with E-state index in [1.165, 1.54) is 0 Å². The van der Waals surface area contributed by atoms with Gasteiger partial charge in [0.05, 0.1) is 11.1 Å². The number of carbonyl (C=O) groups is 3. The standard InChI is InChI=1S/C18H18N2O3/c1-18(2,3)10-14(21)19-20-16(22)12-8-4-6-11-7-5-9-13(15(11)12)17(20)23/h4-9H,10H2,1-3H3,(H,19,21). The minimum Gasteiger partial charge on any atom is -0.273 e. The highest BCUT2D eigenvalue weighted by Crippen LogP contribution is 2.29. The fourth-order valence-corrected chi connectivity index (χ4v) is 2.78. The molecule has 2 aromatic rings. The van der Waals surface area contributed by atoms with Gasteiger partial charge in [-0.2, -0.15) is 5.01 Å². The molecule has 118 valence electrons. The van der Waals surface area contributed by atoms with E-state index in [-0.39, 0.29) is 17.7 Å². The summed E-state index contributed by atoms with van der Waals surface area (Å²) in [5.74, 6) is -1.35. The Hall–Kier alpha value is -2.69. The van der Waals surface area contributed by atoms with Gasteiger partial charge in [0.2, 0.25) is 5.91 Å². The van der Waals surface area contributed by atoms with Crippen LogP contribution < -0.4 is 5.43 Å². The molecule has 0 saturated carbocycles. The molecule has 0 bridgehead atoms. The first-order valence-electron chi connectivity index (χ1n) is 7.48. The summed E-state index contributed by atoms with van der Waals surface area (Å²) in [6.45, 7) is 5.76. The highest BCUT2D eigenvalue weighted by atomic mass is 16.2. The van der Waals surface area contributed by atoms with Crippen LogP contribution >= 0.6 is 0 Å². The molecule has 5 heteroatoms. The molecule has 5 nitrogen and oxygen atoms in total. The Bertz CT molecular complexity index is 783. The van der Waals surface area contributed by atoms with E-state index in [0.29, 0.717) is 16.5 Å². The van der Waals surface area contributed by atoms with E-state index in [2.05, 4.69) is 5.43 Å². The molecule has 0 radical (unpaired) electrons. The van der Waals surface area contributed by atoms with E-state index in [1.807, 2.05) is 32.9 Å². The largest absolute Gasteiger partial charge is 0.280 e. The number of hydrogen-bond donors (Lipinski definition) is 1. The molecule has 1 aliphatic rings. The van der Waals surface area contributed by atoms with Gasteiger partial charge in [-0.25, -0.2) is 0 Å². The van der Waals surface area contributed by atoms with Crippen LogP contribution in [0.1, 0.15) is 47.9 Å². The molecular weight excluding hydrogens is 292 g/mol. The number of hydrogen-bond acceptors (Lipinski definition) is 3. The molecule has 0 spiro atoms. The van der Waals surface area contributed by atoms with Crippen LogP contribution in [0, 0.1) is 5.41 Å². The molecule has 2 aromatic carbocycles. The number of hydrazine groups is 1. The number of benzene rings is 2. The Balaban J connectivity index is 1.99. The predicted octanol–water partition coefficient (Wildman–Crippen LogP) is 2.90. The topological polar surface area (TPSA) is 66.5 Å². The van der Waals surface area contributed by atoms with Gasteiger partial charge in [-0.1, -0.05) is 45.0 Å². The lowest BCUT2D eigenvalue weighted by atomic mass is 9.92. The maximum atomic E-state index is 12.6. The summed E-state index contributed by atoms with van der Waals surface area (Å²) in [6.07, 6.45) is 0.218. The van der Waals surface area contributed by atoms with E-state index in [9.17, 15) is 14.4 Å². The van der Waals surface area contributed by atoms with Gasteiger partial charge in [0.1, 0.15) is 0 Å². The smallest absolute Gasteiger partial charge is 0.273 e. The quantitative estimate of drug-likeness (QED) is 0.867. The van der Waals surface area contributed by atoms with Gasteiger partial charge in [0, 0.05) is 11.8 Å². The molecule has 0 fully saturated rings. The van der Waals surface area contributed by atoms with Crippen LogP contribution in [-0.4, -0.2) is 22.7 Å². The molecule has 1 aliphatic heterocycles. The van der Waals surface area contributed by atoms with Gasteiger partial charge in [0.15, 0.2) is 0 Å². The van der Waals surface area contributed by atoms with Gasteiger partial charge in [-0.15, -0.1) is 0 Å². The van der Waals surface area contributed by atoms with E-state index < -0.39 is 11.8 Å². The van der Waals surface area contributed by atoms with Crippen molar-refractivity contribution in [3.63, 3.8) is 0 Å². The number of imide groups is 1. The SMILES string of the molecule is CC(C)(C)CC(=O)NN1C(=O)c2cccc3cccc(c23)C1=O. The Morgan fingerprint density at radius 1 is 1.00 bits per heavy atom. The molecule has 1 N–H and O–H groups in total. The Morgan fingerprint density at radius 3 is 2.00 bits per heavy atom. The van der Waals surface area contributed by atoms with Crippen molar-refractivity contribution in [2.24, 2.45) is 5.41 Å². The summed E-state index contributed by atoms with van der Waals surface area (Å²) in [5, 5.41) is 2.30. The zero-order chi connectivity index (χ0) is 16.8. The first-order chi connectivity index (χ1) is 10.8.